The molecule has 0 amide bonds. The number of aliphatic hydroxyl groups is 1. The van der Waals surface area contributed by atoms with Gasteiger partial charge >= 0.3 is 5.69 Å². The molecule has 9 nitrogen and oxygen atoms in total. The highest BCUT2D eigenvalue weighted by atomic mass is 31.2. The number of aliphatic hydroxyl groups excluding tert-OH is 1. The second-order valence-corrected chi connectivity index (χ2v) is 10.5. The van der Waals surface area contributed by atoms with Gasteiger partial charge in [0, 0.05) is 25.0 Å². The monoisotopic (exact) mass is 390 g/mol. The van der Waals surface area contributed by atoms with Crippen molar-refractivity contribution in [1.82, 2.24) is 9.55 Å². The van der Waals surface area contributed by atoms with Crippen molar-refractivity contribution < 1.29 is 23.9 Å². The van der Waals surface area contributed by atoms with Crippen molar-refractivity contribution in [2.45, 2.75) is 37.9 Å². The topological polar surface area (TPSA) is 120 Å². The van der Waals surface area contributed by atoms with Crippen LogP contribution in [-0.4, -0.2) is 72.8 Å². The first kappa shape index (κ1) is 21.1. The standard InChI is InChI=1S/C16H27N2O7P/c1-10-9-18(16(21)17-14(10)20)15-13(24-7-6-23-2)12(19)11(25-15)5-8-26(3,4)22/h9,11-13,15,19H,5-8H2,1-4H3,(H,17,20,21)/t11-,12-,13-,15-/m1/s1. The van der Waals surface area contributed by atoms with E-state index in [0.717, 1.165) is 0 Å². The number of nitrogens with one attached hydrogen (secondary N) is 1. The van der Waals surface area contributed by atoms with E-state index in [-0.39, 0.29) is 6.61 Å². The summed E-state index contributed by atoms with van der Waals surface area (Å²) >= 11 is 0. The van der Waals surface area contributed by atoms with Crippen LogP contribution in [0.25, 0.3) is 0 Å². The van der Waals surface area contributed by atoms with Crippen LogP contribution in [0, 0.1) is 6.92 Å². The molecule has 1 aliphatic heterocycles. The summed E-state index contributed by atoms with van der Waals surface area (Å²) in [5.74, 6) is 0. The predicted molar refractivity (Wildman–Crippen MR) is 96.5 cm³/mol. The van der Waals surface area contributed by atoms with Gasteiger partial charge in [0.2, 0.25) is 0 Å². The van der Waals surface area contributed by atoms with Crippen LogP contribution in [0.4, 0.5) is 0 Å². The Balaban J connectivity index is 2.28. The Morgan fingerprint density at radius 3 is 2.65 bits per heavy atom. The Labute approximate surface area is 151 Å². The van der Waals surface area contributed by atoms with Crippen LogP contribution in [0.15, 0.2) is 15.8 Å². The summed E-state index contributed by atoms with van der Waals surface area (Å²) in [6, 6.07) is 0. The number of ether oxygens (including phenoxy) is 3. The number of aromatic amines is 1. The summed E-state index contributed by atoms with van der Waals surface area (Å²) < 4.78 is 29.7. The molecule has 2 N–H and O–H groups in total. The van der Waals surface area contributed by atoms with Crippen molar-refractivity contribution in [2.24, 2.45) is 0 Å². The lowest BCUT2D eigenvalue weighted by atomic mass is 10.1. The van der Waals surface area contributed by atoms with Crippen LogP contribution in [0.3, 0.4) is 0 Å². The lowest BCUT2D eigenvalue weighted by Gasteiger charge is -2.22. The lowest BCUT2D eigenvalue weighted by Crippen LogP contribution is -2.40. The van der Waals surface area contributed by atoms with Crippen LogP contribution >= 0.6 is 7.14 Å². The molecule has 4 atom stereocenters. The molecule has 0 unspecified atom stereocenters. The Morgan fingerprint density at radius 2 is 2.04 bits per heavy atom. The van der Waals surface area contributed by atoms with Crippen molar-refractivity contribution in [3.63, 3.8) is 0 Å². The number of methoxy groups -OCH3 is 1. The number of nitrogens with zero attached hydrogens (tertiary/aromatic N) is 1. The number of rotatable bonds is 8. The Hall–Kier alpha value is -1.25. The molecule has 0 aliphatic carbocycles. The normalized spacial score (nSPS) is 26.3. The Morgan fingerprint density at radius 1 is 1.35 bits per heavy atom. The average Bonchev–Trinajstić information content (AvgIpc) is 2.85. The Kier molecular flexibility index (Phi) is 6.99. The molecule has 1 aromatic rings. The minimum atomic E-state index is -2.27. The largest absolute Gasteiger partial charge is 0.388 e. The minimum Gasteiger partial charge on any atom is -0.388 e. The molecule has 1 saturated heterocycles. The molecular formula is C16H27N2O7P. The SMILES string of the molecule is COCCO[C@@H]1[C@H](O)[C@@H](CCP(C)(C)=O)O[C@H]1n1cc(C)c(=O)[nH]c1=O. The van der Waals surface area contributed by atoms with Gasteiger partial charge in [-0.15, -0.1) is 0 Å². The molecule has 0 spiro atoms. The highest BCUT2D eigenvalue weighted by molar-refractivity contribution is 7.62. The molecule has 2 heterocycles. The van der Waals surface area contributed by atoms with Crippen LogP contribution < -0.4 is 11.2 Å². The van der Waals surface area contributed by atoms with Gasteiger partial charge in [0.1, 0.15) is 12.2 Å². The first-order chi connectivity index (χ1) is 12.1. The van der Waals surface area contributed by atoms with E-state index in [2.05, 4.69) is 4.98 Å². The fourth-order valence-corrected chi connectivity index (χ4v) is 3.72. The minimum absolute atomic E-state index is 0.210. The summed E-state index contributed by atoms with van der Waals surface area (Å²) in [6.45, 7) is 5.45. The second-order valence-electron chi connectivity index (χ2n) is 6.95. The van der Waals surface area contributed by atoms with E-state index in [1.54, 1.807) is 20.3 Å². The first-order valence-electron chi connectivity index (χ1n) is 8.44. The number of aryl methyl sites for hydroxylation is 1. The summed E-state index contributed by atoms with van der Waals surface area (Å²) in [6.07, 6.45) is -1.16. The van der Waals surface area contributed by atoms with E-state index >= 15 is 0 Å². The molecule has 1 aliphatic rings. The summed E-state index contributed by atoms with van der Waals surface area (Å²) in [5, 5.41) is 10.6. The van der Waals surface area contributed by atoms with Gasteiger partial charge < -0.3 is 23.9 Å². The molecule has 1 aromatic heterocycles. The highest BCUT2D eigenvalue weighted by Gasteiger charge is 2.46. The number of H-pyrrole nitrogens is 1. The molecule has 2 rings (SSSR count). The molecular weight excluding hydrogens is 363 g/mol. The molecule has 148 valence electrons. The van der Waals surface area contributed by atoms with Gasteiger partial charge in [-0.05, 0) is 26.7 Å². The highest BCUT2D eigenvalue weighted by Crippen LogP contribution is 2.40. The zero-order valence-corrected chi connectivity index (χ0v) is 16.4. The van der Waals surface area contributed by atoms with E-state index in [4.69, 9.17) is 14.2 Å². The molecule has 0 saturated carbocycles. The summed E-state index contributed by atoms with van der Waals surface area (Å²) in [4.78, 5) is 26.0. The Bertz CT molecular complexity index is 769. The van der Waals surface area contributed by atoms with E-state index in [9.17, 15) is 19.3 Å². The zero-order chi connectivity index (χ0) is 19.5. The third-order valence-corrected chi connectivity index (χ3v) is 5.62. The van der Waals surface area contributed by atoms with E-state index in [0.29, 0.717) is 24.8 Å². The molecule has 0 aromatic carbocycles. The maximum Gasteiger partial charge on any atom is 0.330 e. The third kappa shape index (κ3) is 5.14. The van der Waals surface area contributed by atoms with E-state index in [1.807, 2.05) is 0 Å². The molecule has 0 radical (unpaired) electrons. The van der Waals surface area contributed by atoms with Gasteiger partial charge in [-0.2, -0.15) is 0 Å². The fraction of sp³-hybridized carbons (Fsp3) is 0.750. The van der Waals surface area contributed by atoms with E-state index < -0.39 is 42.9 Å². The first-order valence-corrected chi connectivity index (χ1v) is 11.2. The molecule has 0 bridgehead atoms. The van der Waals surface area contributed by atoms with Crippen molar-refractivity contribution in [3.05, 3.63) is 32.6 Å². The summed E-state index contributed by atoms with van der Waals surface area (Å²) in [5.41, 5.74) is -0.778. The number of hydrogen-bond donors (Lipinski definition) is 2. The molecule has 26 heavy (non-hydrogen) atoms. The number of aromatic nitrogens is 2. The van der Waals surface area contributed by atoms with Crippen LogP contribution in [-0.2, 0) is 18.8 Å². The van der Waals surface area contributed by atoms with Gasteiger partial charge in [-0.1, -0.05) is 0 Å². The second kappa shape index (κ2) is 8.63. The smallest absolute Gasteiger partial charge is 0.330 e. The van der Waals surface area contributed by atoms with Crippen LogP contribution in [0.1, 0.15) is 18.2 Å². The van der Waals surface area contributed by atoms with Crippen molar-refractivity contribution in [2.75, 3.05) is 39.8 Å². The maximum absolute atomic E-state index is 12.2. The van der Waals surface area contributed by atoms with Gasteiger partial charge in [-0.25, -0.2) is 4.79 Å². The van der Waals surface area contributed by atoms with Crippen LogP contribution in [0.2, 0.25) is 0 Å². The zero-order valence-electron chi connectivity index (χ0n) is 15.5. The quantitative estimate of drug-likeness (QED) is 0.479. The average molecular weight is 390 g/mol. The summed E-state index contributed by atoms with van der Waals surface area (Å²) in [7, 11) is -0.745. The van der Waals surface area contributed by atoms with Crippen molar-refractivity contribution in [3.8, 4) is 0 Å². The van der Waals surface area contributed by atoms with Gasteiger partial charge in [0.15, 0.2) is 6.23 Å². The molecule has 1 fully saturated rings. The van der Waals surface area contributed by atoms with E-state index in [1.165, 1.54) is 17.9 Å². The van der Waals surface area contributed by atoms with Gasteiger partial charge in [0.05, 0.1) is 26.5 Å². The fourth-order valence-electron chi connectivity index (χ4n) is 2.84. The predicted octanol–water partition coefficient (Wildman–Crippen LogP) is 0.148. The maximum atomic E-state index is 12.2. The van der Waals surface area contributed by atoms with Crippen molar-refractivity contribution in [1.29, 1.82) is 0 Å². The molecule has 10 heteroatoms. The third-order valence-electron chi connectivity index (χ3n) is 4.28. The number of hydrogen-bond acceptors (Lipinski definition) is 7. The van der Waals surface area contributed by atoms with Gasteiger partial charge in [0.25, 0.3) is 5.56 Å². The van der Waals surface area contributed by atoms with Gasteiger partial charge in [-0.3, -0.25) is 14.3 Å². The lowest BCUT2D eigenvalue weighted by molar-refractivity contribution is -0.0797. The van der Waals surface area contributed by atoms with Crippen LogP contribution in [0.5, 0.6) is 0 Å². The van der Waals surface area contributed by atoms with Crippen molar-refractivity contribution >= 4 is 7.14 Å².